The second-order valence-corrected chi connectivity index (χ2v) is 9.22. The van der Waals surface area contributed by atoms with Crippen LogP contribution in [0.25, 0.3) is 10.8 Å². The maximum absolute atomic E-state index is 13.0. The molecule has 0 aromatic heterocycles. The highest BCUT2D eigenvalue weighted by Gasteiger charge is 2.46. The van der Waals surface area contributed by atoms with Crippen LogP contribution < -0.4 is 4.31 Å². The number of nitriles is 1. The fourth-order valence-corrected chi connectivity index (χ4v) is 4.86. The average Bonchev–Trinajstić information content (AvgIpc) is 2.81. The number of nitrogens with zero attached hydrogens (tertiary/aromatic N) is 3. The van der Waals surface area contributed by atoms with Gasteiger partial charge in [-0.15, -0.1) is 0 Å². The quantitative estimate of drug-likeness (QED) is 0.748. The SMILES string of the molecule is CC1CN(C(=O)OC(C)(C)C)S(=O)(=O)N1c1ccc2c(C#N)cccc2c1. The molecule has 8 heteroatoms. The van der Waals surface area contributed by atoms with Gasteiger partial charge in [0.2, 0.25) is 0 Å². The van der Waals surface area contributed by atoms with Gasteiger partial charge in [-0.05, 0) is 56.7 Å². The van der Waals surface area contributed by atoms with Gasteiger partial charge in [0.15, 0.2) is 0 Å². The molecule has 27 heavy (non-hydrogen) atoms. The molecule has 0 spiro atoms. The fraction of sp³-hybridized carbons (Fsp3) is 0.368. The van der Waals surface area contributed by atoms with Crippen molar-refractivity contribution in [3.05, 3.63) is 42.0 Å². The second-order valence-electron chi connectivity index (χ2n) is 7.49. The molecule has 1 aliphatic heterocycles. The number of ether oxygens (including phenoxy) is 1. The van der Waals surface area contributed by atoms with Crippen LogP contribution in [0.1, 0.15) is 33.3 Å². The van der Waals surface area contributed by atoms with E-state index in [0.717, 1.165) is 15.1 Å². The Morgan fingerprint density at radius 1 is 1.26 bits per heavy atom. The first-order valence-electron chi connectivity index (χ1n) is 8.52. The summed E-state index contributed by atoms with van der Waals surface area (Å²) < 4.78 is 33.2. The van der Waals surface area contributed by atoms with Gasteiger partial charge in [0.25, 0.3) is 0 Å². The van der Waals surface area contributed by atoms with Gasteiger partial charge in [-0.25, -0.2) is 9.10 Å². The third kappa shape index (κ3) is 3.43. The zero-order chi connectivity index (χ0) is 20.0. The fourth-order valence-electron chi connectivity index (χ4n) is 3.12. The van der Waals surface area contributed by atoms with Gasteiger partial charge in [0, 0.05) is 0 Å². The lowest BCUT2D eigenvalue weighted by atomic mass is 10.0. The van der Waals surface area contributed by atoms with Crippen LogP contribution >= 0.6 is 0 Å². The van der Waals surface area contributed by atoms with Crippen LogP contribution in [-0.2, 0) is 14.9 Å². The summed E-state index contributed by atoms with van der Waals surface area (Å²) in [5, 5.41) is 10.7. The molecule has 1 fully saturated rings. The Bertz CT molecular complexity index is 1050. The van der Waals surface area contributed by atoms with Crippen LogP contribution in [0.4, 0.5) is 10.5 Å². The van der Waals surface area contributed by atoms with E-state index < -0.39 is 27.9 Å². The van der Waals surface area contributed by atoms with Crippen LogP contribution in [0.3, 0.4) is 0 Å². The first-order chi connectivity index (χ1) is 12.5. The smallest absolute Gasteiger partial charge is 0.425 e. The number of fused-ring (bicyclic) bond motifs is 1. The molecule has 0 N–H and O–H groups in total. The Hall–Kier alpha value is -2.79. The van der Waals surface area contributed by atoms with Crippen LogP contribution in [0.15, 0.2) is 36.4 Å². The van der Waals surface area contributed by atoms with E-state index in [4.69, 9.17) is 4.74 Å². The van der Waals surface area contributed by atoms with E-state index >= 15 is 0 Å². The first kappa shape index (κ1) is 19.0. The number of rotatable bonds is 1. The van der Waals surface area contributed by atoms with Crippen molar-refractivity contribution in [2.24, 2.45) is 0 Å². The number of benzene rings is 2. The molecule has 7 nitrogen and oxygen atoms in total. The predicted octanol–water partition coefficient (Wildman–Crippen LogP) is 3.40. The van der Waals surface area contributed by atoms with Gasteiger partial charge < -0.3 is 4.74 Å². The van der Waals surface area contributed by atoms with Crippen molar-refractivity contribution in [2.75, 3.05) is 10.8 Å². The minimum atomic E-state index is -4.06. The van der Waals surface area contributed by atoms with Crippen molar-refractivity contribution in [2.45, 2.75) is 39.3 Å². The van der Waals surface area contributed by atoms with Gasteiger partial charge in [0.1, 0.15) is 5.60 Å². The molecule has 2 aromatic rings. The van der Waals surface area contributed by atoms with E-state index in [-0.39, 0.29) is 6.54 Å². The Labute approximate surface area is 158 Å². The molecular formula is C19H21N3O4S. The molecule has 1 aliphatic rings. The van der Waals surface area contributed by atoms with Gasteiger partial charge in [-0.1, -0.05) is 18.2 Å². The van der Waals surface area contributed by atoms with Crippen molar-refractivity contribution in [3.8, 4) is 6.07 Å². The third-order valence-corrected chi connectivity index (χ3v) is 6.12. The summed E-state index contributed by atoms with van der Waals surface area (Å²) in [6.45, 7) is 6.80. The molecule has 2 aromatic carbocycles. The lowest BCUT2D eigenvalue weighted by molar-refractivity contribution is 0.0399. The number of carbonyl (C=O) groups is 1. The van der Waals surface area contributed by atoms with E-state index in [9.17, 15) is 18.5 Å². The molecule has 0 radical (unpaired) electrons. The number of hydrogen-bond acceptors (Lipinski definition) is 5. The minimum Gasteiger partial charge on any atom is -0.443 e. The Kier molecular flexibility index (Phi) is 4.52. The molecule has 142 valence electrons. The molecule has 3 rings (SSSR count). The van der Waals surface area contributed by atoms with E-state index in [1.165, 1.54) is 4.31 Å². The zero-order valence-corrected chi connectivity index (χ0v) is 16.4. The maximum atomic E-state index is 13.0. The maximum Gasteiger partial charge on any atom is 0.425 e. The lowest BCUT2D eigenvalue weighted by Crippen LogP contribution is -2.40. The highest BCUT2D eigenvalue weighted by atomic mass is 32.2. The molecule has 1 saturated heterocycles. The number of hydrogen-bond donors (Lipinski definition) is 0. The van der Waals surface area contributed by atoms with Gasteiger partial charge in [-0.2, -0.15) is 18.0 Å². The lowest BCUT2D eigenvalue weighted by Gasteiger charge is -2.25. The molecule has 1 unspecified atom stereocenters. The van der Waals surface area contributed by atoms with Crippen LogP contribution in [0.2, 0.25) is 0 Å². The zero-order valence-electron chi connectivity index (χ0n) is 15.6. The predicted molar refractivity (Wildman–Crippen MR) is 102 cm³/mol. The largest absolute Gasteiger partial charge is 0.443 e. The molecule has 1 atom stereocenters. The van der Waals surface area contributed by atoms with Crippen LogP contribution in [0.5, 0.6) is 0 Å². The highest BCUT2D eigenvalue weighted by Crippen LogP contribution is 2.33. The number of carbonyl (C=O) groups excluding carboxylic acids is 1. The number of amides is 1. The summed E-state index contributed by atoms with van der Waals surface area (Å²) in [6.07, 6.45) is -0.885. The van der Waals surface area contributed by atoms with Crippen molar-refractivity contribution in [1.82, 2.24) is 4.31 Å². The van der Waals surface area contributed by atoms with E-state index in [1.54, 1.807) is 58.0 Å². The Morgan fingerprint density at radius 3 is 2.59 bits per heavy atom. The van der Waals surface area contributed by atoms with E-state index in [2.05, 4.69) is 6.07 Å². The highest BCUT2D eigenvalue weighted by molar-refractivity contribution is 7.91. The number of anilines is 1. The van der Waals surface area contributed by atoms with Crippen molar-refractivity contribution < 1.29 is 17.9 Å². The van der Waals surface area contributed by atoms with Crippen molar-refractivity contribution in [1.29, 1.82) is 5.26 Å². The van der Waals surface area contributed by atoms with Gasteiger partial charge in [0.05, 0.1) is 29.9 Å². The van der Waals surface area contributed by atoms with Gasteiger partial charge >= 0.3 is 16.3 Å². The summed E-state index contributed by atoms with van der Waals surface area (Å²) >= 11 is 0. The molecule has 0 saturated carbocycles. The average molecular weight is 387 g/mol. The minimum absolute atomic E-state index is 0.00746. The van der Waals surface area contributed by atoms with Crippen LogP contribution in [-0.4, -0.2) is 37.0 Å². The summed E-state index contributed by atoms with van der Waals surface area (Å²) in [5.74, 6) is 0. The standard InChI is InChI=1S/C19H21N3O4S/c1-13-12-21(18(23)26-19(2,3)4)27(24,25)22(13)16-8-9-17-14(10-16)6-5-7-15(17)11-20/h5-10,13H,12H2,1-4H3. The summed E-state index contributed by atoms with van der Waals surface area (Å²) in [5.41, 5.74) is 0.169. The normalized spacial score (nSPS) is 19.1. The second kappa shape index (κ2) is 6.43. The van der Waals surface area contributed by atoms with Crippen molar-refractivity contribution >= 4 is 32.8 Å². The summed E-state index contributed by atoms with van der Waals surface area (Å²) in [7, 11) is -4.06. The van der Waals surface area contributed by atoms with Gasteiger partial charge in [-0.3, -0.25) is 0 Å². The molecular weight excluding hydrogens is 366 g/mol. The van der Waals surface area contributed by atoms with Crippen LogP contribution in [0, 0.1) is 11.3 Å². The van der Waals surface area contributed by atoms with E-state index in [1.807, 2.05) is 6.07 Å². The molecule has 0 aliphatic carbocycles. The molecule has 1 amide bonds. The molecule has 0 bridgehead atoms. The topological polar surface area (TPSA) is 90.7 Å². The first-order valence-corrected chi connectivity index (χ1v) is 9.92. The van der Waals surface area contributed by atoms with Crippen molar-refractivity contribution in [3.63, 3.8) is 0 Å². The third-order valence-electron chi connectivity index (χ3n) is 4.19. The Balaban J connectivity index is 2.01. The summed E-state index contributed by atoms with van der Waals surface area (Å²) in [6, 6.07) is 12.0. The Morgan fingerprint density at radius 2 is 1.96 bits per heavy atom. The molecule has 1 heterocycles. The summed E-state index contributed by atoms with van der Waals surface area (Å²) in [4.78, 5) is 12.4. The monoisotopic (exact) mass is 387 g/mol. The van der Waals surface area contributed by atoms with E-state index in [0.29, 0.717) is 11.3 Å².